The van der Waals surface area contributed by atoms with Crippen molar-refractivity contribution in [2.24, 2.45) is 0 Å². The van der Waals surface area contributed by atoms with Crippen LogP contribution in [0.3, 0.4) is 0 Å². The molecule has 0 spiro atoms. The summed E-state index contributed by atoms with van der Waals surface area (Å²) >= 11 is 0. The Balaban J connectivity index is 3.02. The fourth-order valence-electron chi connectivity index (χ4n) is 0.998. The van der Waals surface area contributed by atoms with Gasteiger partial charge in [-0.25, -0.2) is 8.42 Å². The summed E-state index contributed by atoms with van der Waals surface area (Å²) < 4.78 is 27.2. The van der Waals surface area contributed by atoms with Crippen molar-refractivity contribution in [2.45, 2.75) is 4.90 Å². The first-order valence-electron chi connectivity index (χ1n) is 3.95. The molecule has 0 N–H and O–H groups in total. The van der Waals surface area contributed by atoms with Crippen LogP contribution in [0.4, 0.5) is 0 Å². The molecule has 0 unspecified atom stereocenters. The Morgan fingerprint density at radius 2 is 2.00 bits per heavy atom. The highest BCUT2D eigenvalue weighted by molar-refractivity contribution is 7.90. The monoisotopic (exact) mass is 231 g/mol. The predicted octanol–water partition coefficient (Wildman–Crippen LogP) is 0.703. The van der Waals surface area contributed by atoms with Gasteiger partial charge in [-0.2, -0.15) is 0 Å². The number of nitrogens with zero attached hydrogens (tertiary/aromatic N) is 1. The molecular weight excluding hydrogens is 222 g/mol. The lowest BCUT2D eigenvalue weighted by atomic mass is 10.3. The molecule has 0 saturated carbocycles. The second-order valence-electron chi connectivity index (χ2n) is 2.83. The second-order valence-corrected chi connectivity index (χ2v) is 4.81. The van der Waals surface area contributed by atoms with Crippen LogP contribution in [-0.2, 0) is 9.84 Å². The van der Waals surface area contributed by atoms with E-state index in [0.29, 0.717) is 0 Å². The average Bonchev–Trinajstić information content (AvgIpc) is 2.13. The van der Waals surface area contributed by atoms with Gasteiger partial charge in [0.2, 0.25) is 0 Å². The lowest BCUT2D eigenvalue weighted by Gasteiger charge is -2.05. The Morgan fingerprint density at radius 1 is 1.40 bits per heavy atom. The van der Waals surface area contributed by atoms with Crippen molar-refractivity contribution in [3.63, 3.8) is 0 Å². The summed E-state index contributed by atoms with van der Waals surface area (Å²) in [7, 11) is -3.43. The van der Waals surface area contributed by atoms with Gasteiger partial charge in [-0.3, -0.25) is 10.1 Å². The van der Waals surface area contributed by atoms with Gasteiger partial charge in [0.15, 0.2) is 9.84 Å². The van der Waals surface area contributed by atoms with E-state index in [4.69, 9.17) is 4.74 Å². The highest BCUT2D eigenvalue weighted by atomic mass is 32.2. The molecule has 82 valence electrons. The van der Waals surface area contributed by atoms with Crippen molar-refractivity contribution < 1.29 is 18.1 Å². The van der Waals surface area contributed by atoms with Gasteiger partial charge in [0, 0.05) is 6.26 Å². The van der Waals surface area contributed by atoms with Crippen molar-refractivity contribution >= 4 is 9.84 Å². The quantitative estimate of drug-likeness (QED) is 0.432. The molecule has 0 aliphatic carbocycles. The molecule has 0 aliphatic heterocycles. The van der Waals surface area contributed by atoms with Crippen molar-refractivity contribution in [1.29, 1.82) is 0 Å². The summed E-state index contributed by atoms with van der Waals surface area (Å²) in [6, 6.07) is 5.78. The van der Waals surface area contributed by atoms with Crippen molar-refractivity contribution in [2.75, 3.05) is 13.0 Å². The van der Waals surface area contributed by atoms with Gasteiger partial charge in [-0.15, -0.1) is 0 Å². The molecule has 1 aromatic rings. The summed E-state index contributed by atoms with van der Waals surface area (Å²) in [4.78, 5) is 9.33. The van der Waals surface area contributed by atoms with Crippen LogP contribution in [0.1, 0.15) is 0 Å². The maximum atomic E-state index is 11.2. The molecule has 0 aromatic heterocycles. The van der Waals surface area contributed by atoms with Crippen LogP contribution in [0.15, 0.2) is 29.2 Å². The highest BCUT2D eigenvalue weighted by Gasteiger charge is 2.14. The van der Waals surface area contributed by atoms with E-state index in [1.807, 2.05) is 0 Å². The van der Waals surface area contributed by atoms with E-state index in [0.717, 1.165) is 6.26 Å². The fraction of sp³-hybridized carbons (Fsp3) is 0.250. The van der Waals surface area contributed by atoms with E-state index in [1.165, 1.54) is 18.2 Å². The zero-order valence-corrected chi connectivity index (χ0v) is 8.73. The van der Waals surface area contributed by atoms with Gasteiger partial charge in [0.05, 0.1) is 4.92 Å². The van der Waals surface area contributed by atoms with E-state index in [1.54, 1.807) is 6.07 Å². The molecule has 6 nitrogen and oxygen atoms in total. The molecular formula is C8H9NO5S. The lowest BCUT2D eigenvalue weighted by molar-refractivity contribution is -0.514. The molecule has 1 aromatic carbocycles. The molecule has 15 heavy (non-hydrogen) atoms. The first-order valence-corrected chi connectivity index (χ1v) is 5.84. The maximum Gasteiger partial charge on any atom is 0.344 e. The van der Waals surface area contributed by atoms with Gasteiger partial charge in [-0.1, -0.05) is 12.1 Å². The number of sulfone groups is 1. The Labute approximate surface area is 86.6 Å². The second kappa shape index (κ2) is 4.26. The summed E-state index contributed by atoms with van der Waals surface area (Å²) in [5.74, 6) is -0.00306. The van der Waals surface area contributed by atoms with Gasteiger partial charge in [-0.05, 0) is 12.1 Å². The standard InChI is InChI=1S/C8H9NO5S/c1-15(12,13)8-5-3-2-4-7(8)14-6-9(10)11/h2-5H,6H2,1H3. The van der Waals surface area contributed by atoms with E-state index in [-0.39, 0.29) is 10.6 Å². The molecule has 0 atom stereocenters. The maximum absolute atomic E-state index is 11.2. The lowest BCUT2D eigenvalue weighted by Crippen LogP contribution is -2.10. The molecule has 7 heteroatoms. The summed E-state index contributed by atoms with van der Waals surface area (Å²) in [6.45, 7) is -0.757. The smallest absolute Gasteiger partial charge is 0.344 e. The third kappa shape index (κ3) is 3.21. The minimum atomic E-state index is -3.43. The normalized spacial score (nSPS) is 11.0. The van der Waals surface area contributed by atoms with Crippen LogP contribution >= 0.6 is 0 Å². The number of para-hydroxylation sites is 1. The summed E-state index contributed by atoms with van der Waals surface area (Å²) in [5.41, 5.74) is 0. The van der Waals surface area contributed by atoms with Gasteiger partial charge in [0.25, 0.3) is 0 Å². The number of hydrogen-bond acceptors (Lipinski definition) is 5. The van der Waals surface area contributed by atoms with Crippen LogP contribution < -0.4 is 4.74 Å². The SMILES string of the molecule is CS(=O)(=O)c1ccccc1OC[N+](=O)[O-]. The van der Waals surface area contributed by atoms with Crippen LogP contribution in [0.5, 0.6) is 5.75 Å². The van der Waals surface area contributed by atoms with E-state index in [9.17, 15) is 18.5 Å². The van der Waals surface area contributed by atoms with Gasteiger partial charge >= 0.3 is 6.73 Å². The van der Waals surface area contributed by atoms with Crippen molar-refractivity contribution in [3.05, 3.63) is 34.4 Å². The molecule has 0 fully saturated rings. The van der Waals surface area contributed by atoms with E-state index >= 15 is 0 Å². The Bertz CT molecular complexity index is 468. The summed E-state index contributed by atoms with van der Waals surface area (Å²) in [5, 5.41) is 10.1. The first-order chi connectivity index (χ1) is 6.91. The van der Waals surface area contributed by atoms with Crippen molar-refractivity contribution in [1.82, 2.24) is 0 Å². The van der Waals surface area contributed by atoms with Crippen LogP contribution in [0.25, 0.3) is 0 Å². The van der Waals surface area contributed by atoms with Crippen LogP contribution in [-0.4, -0.2) is 26.3 Å². The number of benzene rings is 1. The molecule has 0 bridgehead atoms. The minimum Gasteiger partial charge on any atom is -0.431 e. The zero-order chi connectivity index (χ0) is 11.5. The first kappa shape index (κ1) is 11.4. The van der Waals surface area contributed by atoms with E-state index < -0.39 is 21.5 Å². The fourth-order valence-corrected chi connectivity index (χ4v) is 1.82. The molecule has 0 radical (unpaired) electrons. The molecule has 0 heterocycles. The molecule has 0 amide bonds. The number of hydrogen-bond donors (Lipinski definition) is 0. The molecule has 1 rings (SSSR count). The number of nitro groups is 1. The van der Waals surface area contributed by atoms with Crippen LogP contribution in [0.2, 0.25) is 0 Å². The molecule has 0 aliphatic rings. The zero-order valence-electron chi connectivity index (χ0n) is 7.91. The van der Waals surface area contributed by atoms with Gasteiger partial charge < -0.3 is 4.74 Å². The Kier molecular flexibility index (Phi) is 3.25. The number of ether oxygens (including phenoxy) is 1. The molecule has 0 saturated heterocycles. The van der Waals surface area contributed by atoms with Crippen LogP contribution in [0, 0.1) is 10.1 Å². The Morgan fingerprint density at radius 3 is 2.53 bits per heavy atom. The Hall–Kier alpha value is -1.63. The highest BCUT2D eigenvalue weighted by Crippen LogP contribution is 2.22. The topological polar surface area (TPSA) is 86.5 Å². The van der Waals surface area contributed by atoms with Gasteiger partial charge in [0.1, 0.15) is 10.6 Å². The number of rotatable bonds is 4. The largest absolute Gasteiger partial charge is 0.431 e. The third-order valence-electron chi connectivity index (χ3n) is 1.57. The van der Waals surface area contributed by atoms with Crippen molar-refractivity contribution in [3.8, 4) is 5.75 Å². The predicted molar refractivity (Wildman–Crippen MR) is 52.0 cm³/mol. The minimum absolute atomic E-state index is 0.00306. The average molecular weight is 231 g/mol. The van der Waals surface area contributed by atoms with E-state index in [2.05, 4.69) is 0 Å². The summed E-state index contributed by atoms with van der Waals surface area (Å²) in [6.07, 6.45) is 1.02. The third-order valence-corrected chi connectivity index (χ3v) is 2.71.